The van der Waals surface area contributed by atoms with Crippen molar-refractivity contribution in [2.45, 2.75) is 64.2 Å². The molecule has 3 aromatic carbocycles. The van der Waals surface area contributed by atoms with Crippen LogP contribution in [-0.4, -0.2) is 0 Å². The van der Waals surface area contributed by atoms with Crippen LogP contribution >= 0.6 is 0 Å². The van der Waals surface area contributed by atoms with E-state index in [0.29, 0.717) is 11.8 Å². The number of allylic oxidation sites excluding steroid dienone is 4. The third kappa shape index (κ3) is 5.68. The number of hydrogen-bond donors (Lipinski definition) is 0. The van der Waals surface area contributed by atoms with E-state index in [-0.39, 0.29) is 0 Å². The maximum atomic E-state index is 2.43. The van der Waals surface area contributed by atoms with Gasteiger partial charge in [0.05, 0.1) is 0 Å². The van der Waals surface area contributed by atoms with E-state index in [0.717, 1.165) is 19.3 Å². The first-order valence-electron chi connectivity index (χ1n) is 12.3. The zero-order chi connectivity index (χ0) is 22.2. The summed E-state index contributed by atoms with van der Waals surface area (Å²) in [6.07, 6.45) is 16.3. The quantitative estimate of drug-likeness (QED) is 0.319. The predicted octanol–water partition coefficient (Wildman–Crippen LogP) is 9.03. The van der Waals surface area contributed by atoms with E-state index in [4.69, 9.17) is 0 Å². The summed E-state index contributed by atoms with van der Waals surface area (Å²) in [7, 11) is 0. The molecule has 0 aromatic heterocycles. The van der Waals surface area contributed by atoms with E-state index >= 15 is 0 Å². The number of hydrogen-bond acceptors (Lipinski definition) is 0. The lowest BCUT2D eigenvalue weighted by Crippen LogP contribution is -2.06. The van der Waals surface area contributed by atoms with Crippen LogP contribution in [0.2, 0.25) is 0 Å². The molecule has 0 radical (unpaired) electrons. The van der Waals surface area contributed by atoms with Crippen LogP contribution < -0.4 is 0 Å². The third-order valence-corrected chi connectivity index (χ3v) is 6.77. The number of aryl methyl sites for hydroxylation is 2. The van der Waals surface area contributed by atoms with Crippen LogP contribution in [0.1, 0.15) is 73.6 Å². The van der Waals surface area contributed by atoms with E-state index in [1.165, 1.54) is 52.6 Å². The van der Waals surface area contributed by atoms with Gasteiger partial charge in [-0.3, -0.25) is 0 Å². The Hall–Kier alpha value is -2.86. The zero-order valence-electron chi connectivity index (χ0n) is 19.6. The molecule has 0 saturated heterocycles. The van der Waals surface area contributed by atoms with Crippen molar-refractivity contribution in [1.82, 2.24) is 0 Å². The zero-order valence-corrected chi connectivity index (χ0v) is 19.6. The summed E-state index contributed by atoms with van der Waals surface area (Å²) in [6.45, 7) is 4.32. The molecule has 164 valence electrons. The highest BCUT2D eigenvalue weighted by molar-refractivity contribution is 5.64. The largest absolute Gasteiger partial charge is 0.0917 e. The van der Waals surface area contributed by atoms with Crippen LogP contribution in [0.25, 0.3) is 11.1 Å². The van der Waals surface area contributed by atoms with Gasteiger partial charge in [-0.05, 0) is 72.4 Å². The van der Waals surface area contributed by atoms with Crippen molar-refractivity contribution in [1.29, 1.82) is 0 Å². The van der Waals surface area contributed by atoms with E-state index in [1.54, 1.807) is 0 Å². The van der Waals surface area contributed by atoms with Crippen molar-refractivity contribution in [2.75, 3.05) is 0 Å². The molecule has 0 aliphatic heterocycles. The van der Waals surface area contributed by atoms with Gasteiger partial charge in [0.25, 0.3) is 0 Å². The lowest BCUT2D eigenvalue weighted by Gasteiger charge is -2.24. The van der Waals surface area contributed by atoms with Crippen LogP contribution in [0.4, 0.5) is 0 Å². The van der Waals surface area contributed by atoms with Gasteiger partial charge < -0.3 is 0 Å². The molecule has 0 heteroatoms. The summed E-state index contributed by atoms with van der Waals surface area (Å²) in [5.74, 6) is 1.09. The van der Waals surface area contributed by atoms with Crippen LogP contribution in [0.3, 0.4) is 0 Å². The Morgan fingerprint density at radius 1 is 0.656 bits per heavy atom. The maximum Gasteiger partial charge on any atom is 0.00185 e. The molecule has 0 N–H and O–H groups in total. The topological polar surface area (TPSA) is 0 Å². The molecule has 32 heavy (non-hydrogen) atoms. The van der Waals surface area contributed by atoms with Gasteiger partial charge in [0.2, 0.25) is 0 Å². The van der Waals surface area contributed by atoms with Gasteiger partial charge in [-0.15, -0.1) is 0 Å². The fourth-order valence-electron chi connectivity index (χ4n) is 4.80. The Morgan fingerprint density at radius 2 is 1.12 bits per heavy atom. The second-order valence-electron chi connectivity index (χ2n) is 9.09. The van der Waals surface area contributed by atoms with Crippen LogP contribution in [-0.2, 0) is 12.8 Å². The molecule has 4 rings (SSSR count). The van der Waals surface area contributed by atoms with Crippen LogP contribution in [0.5, 0.6) is 0 Å². The molecule has 1 aliphatic carbocycles. The van der Waals surface area contributed by atoms with Gasteiger partial charge in [-0.25, -0.2) is 0 Å². The highest BCUT2D eigenvalue weighted by Gasteiger charge is 2.18. The normalized spacial score (nSPS) is 18.3. The second-order valence-corrected chi connectivity index (χ2v) is 9.09. The molecular formula is C32H36. The van der Waals surface area contributed by atoms with Gasteiger partial charge in [-0.2, -0.15) is 0 Å². The molecule has 0 saturated carbocycles. The van der Waals surface area contributed by atoms with E-state index in [2.05, 4.69) is 111 Å². The molecule has 0 amide bonds. The van der Waals surface area contributed by atoms with E-state index < -0.39 is 0 Å². The lowest BCUT2D eigenvalue weighted by atomic mass is 9.81. The molecule has 0 fully saturated rings. The molecular weight excluding hydrogens is 384 g/mol. The van der Waals surface area contributed by atoms with Gasteiger partial charge in [0, 0.05) is 11.8 Å². The Morgan fingerprint density at radius 3 is 1.62 bits per heavy atom. The lowest BCUT2D eigenvalue weighted by molar-refractivity contribution is 0.600. The summed E-state index contributed by atoms with van der Waals surface area (Å²) in [6, 6.07) is 27.6. The SMILES string of the molecule is C/C=C/CCc1ccc(C2C=CC(c3ccc(-c4ccc(CCC)cc4)cc3)CC2)cc1. The molecule has 2 atom stereocenters. The molecule has 3 aromatic rings. The smallest absolute Gasteiger partial charge is 0.00185 e. The number of rotatable bonds is 8. The Bertz CT molecular complexity index is 1020. The second kappa shape index (κ2) is 11.1. The molecule has 1 aliphatic rings. The summed E-state index contributed by atoms with van der Waals surface area (Å²) < 4.78 is 0. The third-order valence-electron chi connectivity index (χ3n) is 6.77. The predicted molar refractivity (Wildman–Crippen MR) is 139 cm³/mol. The van der Waals surface area contributed by atoms with E-state index in [9.17, 15) is 0 Å². The Labute approximate surface area is 194 Å². The summed E-state index contributed by atoms with van der Waals surface area (Å²) in [5.41, 5.74) is 8.37. The monoisotopic (exact) mass is 420 g/mol. The van der Waals surface area contributed by atoms with Crippen molar-refractivity contribution < 1.29 is 0 Å². The van der Waals surface area contributed by atoms with Crippen molar-refractivity contribution in [3.63, 3.8) is 0 Å². The van der Waals surface area contributed by atoms with Gasteiger partial charge in [-0.1, -0.05) is 110 Å². The summed E-state index contributed by atoms with van der Waals surface area (Å²) in [4.78, 5) is 0. The summed E-state index contributed by atoms with van der Waals surface area (Å²) in [5, 5.41) is 0. The van der Waals surface area contributed by atoms with Crippen molar-refractivity contribution >= 4 is 0 Å². The molecule has 0 heterocycles. The average molecular weight is 421 g/mol. The van der Waals surface area contributed by atoms with Crippen molar-refractivity contribution in [3.8, 4) is 11.1 Å². The maximum absolute atomic E-state index is 2.43. The van der Waals surface area contributed by atoms with Crippen LogP contribution in [0.15, 0.2) is 97.1 Å². The molecule has 0 bridgehead atoms. The first kappa shape index (κ1) is 22.3. The fraction of sp³-hybridized carbons (Fsp3) is 0.312. The minimum atomic E-state index is 0.535. The standard InChI is InChI=1S/C32H36/c1-3-5-6-8-26-11-15-28(16-12-26)30-19-23-32(24-20-30)31-21-17-29(18-22-31)27-13-9-25(7-4-2)10-14-27/h3,5,9-19,21-23,30,32H,4,6-8,20,24H2,1-2H3/b5-3+. The highest BCUT2D eigenvalue weighted by Crippen LogP contribution is 2.36. The molecule has 2 unspecified atom stereocenters. The first-order chi connectivity index (χ1) is 15.8. The minimum Gasteiger partial charge on any atom is -0.0917 e. The van der Waals surface area contributed by atoms with Gasteiger partial charge >= 0.3 is 0 Å². The van der Waals surface area contributed by atoms with Crippen molar-refractivity contribution in [2.24, 2.45) is 0 Å². The average Bonchev–Trinajstić information content (AvgIpc) is 2.86. The van der Waals surface area contributed by atoms with Gasteiger partial charge in [0.1, 0.15) is 0 Å². The first-order valence-corrected chi connectivity index (χ1v) is 12.3. The fourth-order valence-corrected chi connectivity index (χ4v) is 4.80. The minimum absolute atomic E-state index is 0.535. The van der Waals surface area contributed by atoms with Gasteiger partial charge in [0.15, 0.2) is 0 Å². The number of benzene rings is 3. The van der Waals surface area contributed by atoms with E-state index in [1.807, 2.05) is 0 Å². The highest BCUT2D eigenvalue weighted by atomic mass is 14.2. The van der Waals surface area contributed by atoms with Crippen LogP contribution in [0, 0.1) is 0 Å². The molecule has 0 spiro atoms. The Balaban J connectivity index is 1.37. The van der Waals surface area contributed by atoms with Crippen molar-refractivity contribution in [3.05, 3.63) is 119 Å². The Kier molecular flexibility index (Phi) is 7.77. The molecule has 0 nitrogen and oxygen atoms in total. The summed E-state index contributed by atoms with van der Waals surface area (Å²) >= 11 is 0.